The van der Waals surface area contributed by atoms with Crippen LogP contribution < -0.4 is 15.1 Å². The van der Waals surface area contributed by atoms with Crippen molar-refractivity contribution in [2.24, 2.45) is 5.92 Å². The molecule has 0 radical (unpaired) electrons. The molecule has 1 aliphatic rings. The number of benzene rings is 1. The summed E-state index contributed by atoms with van der Waals surface area (Å²) in [5.41, 5.74) is 1.28. The van der Waals surface area contributed by atoms with Gasteiger partial charge in [0, 0.05) is 38.4 Å². The van der Waals surface area contributed by atoms with Crippen LogP contribution >= 0.6 is 0 Å². The lowest BCUT2D eigenvalue weighted by Gasteiger charge is -2.35. The van der Waals surface area contributed by atoms with E-state index >= 15 is 0 Å². The zero-order valence-electron chi connectivity index (χ0n) is 14.5. The fraction of sp³-hybridized carbons (Fsp3) is 0.500. The van der Waals surface area contributed by atoms with E-state index in [1.165, 1.54) is 5.69 Å². The predicted molar refractivity (Wildman–Crippen MR) is 98.6 cm³/mol. The van der Waals surface area contributed by atoms with Gasteiger partial charge in [-0.05, 0) is 24.5 Å². The maximum atomic E-state index is 4.61. The van der Waals surface area contributed by atoms with Gasteiger partial charge < -0.3 is 15.1 Å². The summed E-state index contributed by atoms with van der Waals surface area (Å²) in [6, 6.07) is 10.5. The highest BCUT2D eigenvalue weighted by atomic mass is 15.4. The maximum Gasteiger partial charge on any atom is 0.247 e. The largest absolute Gasteiger partial charge is 0.369 e. The minimum Gasteiger partial charge on any atom is -0.369 e. The van der Waals surface area contributed by atoms with Gasteiger partial charge in [-0.2, -0.15) is 10.1 Å². The molecule has 6 heteroatoms. The second kappa shape index (κ2) is 7.95. The number of aromatic nitrogens is 3. The molecule has 2 aromatic rings. The molecule has 128 valence electrons. The van der Waals surface area contributed by atoms with Crippen LogP contribution in [0.25, 0.3) is 0 Å². The van der Waals surface area contributed by atoms with E-state index in [0.717, 1.165) is 50.9 Å². The number of piperazine rings is 1. The topological polar surface area (TPSA) is 57.2 Å². The van der Waals surface area contributed by atoms with Gasteiger partial charge in [0.1, 0.15) is 0 Å². The third kappa shape index (κ3) is 4.34. The summed E-state index contributed by atoms with van der Waals surface area (Å²) in [5, 5.41) is 11.7. The lowest BCUT2D eigenvalue weighted by atomic mass is 10.1. The van der Waals surface area contributed by atoms with E-state index in [0.29, 0.717) is 5.92 Å². The summed E-state index contributed by atoms with van der Waals surface area (Å²) in [4.78, 5) is 9.22. The van der Waals surface area contributed by atoms with Crippen LogP contribution in [-0.4, -0.2) is 47.9 Å². The van der Waals surface area contributed by atoms with Crippen molar-refractivity contribution in [1.82, 2.24) is 15.2 Å². The number of hydrogen-bond donors (Lipinski definition) is 1. The smallest absolute Gasteiger partial charge is 0.247 e. The number of hydrogen-bond acceptors (Lipinski definition) is 6. The number of anilines is 3. The zero-order valence-corrected chi connectivity index (χ0v) is 14.5. The Hall–Kier alpha value is -2.37. The van der Waals surface area contributed by atoms with Crippen LogP contribution in [0, 0.1) is 5.92 Å². The molecule has 1 saturated heterocycles. The molecule has 1 N–H and O–H groups in total. The molecule has 6 nitrogen and oxygen atoms in total. The van der Waals surface area contributed by atoms with Crippen molar-refractivity contribution < 1.29 is 0 Å². The van der Waals surface area contributed by atoms with Crippen LogP contribution in [0.5, 0.6) is 0 Å². The summed E-state index contributed by atoms with van der Waals surface area (Å²) in [6.07, 6.45) is 2.82. The Morgan fingerprint density at radius 1 is 1.04 bits per heavy atom. The fourth-order valence-electron chi connectivity index (χ4n) is 2.81. The average Bonchev–Trinajstić information content (AvgIpc) is 2.63. The maximum absolute atomic E-state index is 4.61. The molecular formula is C18H26N6. The van der Waals surface area contributed by atoms with Gasteiger partial charge in [-0.3, -0.25) is 0 Å². The minimum atomic E-state index is 0.679. The van der Waals surface area contributed by atoms with Gasteiger partial charge in [0.05, 0.1) is 6.20 Å². The molecule has 0 saturated carbocycles. The van der Waals surface area contributed by atoms with Gasteiger partial charge >= 0.3 is 0 Å². The summed E-state index contributed by atoms with van der Waals surface area (Å²) < 4.78 is 0. The summed E-state index contributed by atoms with van der Waals surface area (Å²) >= 11 is 0. The molecule has 0 amide bonds. The van der Waals surface area contributed by atoms with Crippen LogP contribution in [0.15, 0.2) is 36.5 Å². The molecule has 1 aromatic heterocycles. The second-order valence-corrected chi connectivity index (χ2v) is 6.56. The zero-order chi connectivity index (χ0) is 16.8. The van der Waals surface area contributed by atoms with Crippen molar-refractivity contribution in [3.8, 4) is 0 Å². The Morgan fingerprint density at radius 3 is 2.46 bits per heavy atom. The number of nitrogens with zero attached hydrogens (tertiary/aromatic N) is 5. The van der Waals surface area contributed by atoms with Crippen molar-refractivity contribution in [2.45, 2.75) is 20.3 Å². The van der Waals surface area contributed by atoms with E-state index in [1.807, 2.05) is 0 Å². The van der Waals surface area contributed by atoms with Gasteiger partial charge in [0.25, 0.3) is 0 Å². The molecule has 0 atom stereocenters. The number of para-hydroxylation sites is 1. The number of rotatable bonds is 6. The molecule has 24 heavy (non-hydrogen) atoms. The van der Waals surface area contributed by atoms with Crippen LogP contribution in [0.1, 0.15) is 20.3 Å². The Morgan fingerprint density at radius 2 is 1.75 bits per heavy atom. The van der Waals surface area contributed by atoms with Crippen molar-refractivity contribution in [3.63, 3.8) is 0 Å². The third-order valence-electron chi connectivity index (χ3n) is 4.26. The van der Waals surface area contributed by atoms with Crippen molar-refractivity contribution in [3.05, 3.63) is 36.5 Å². The van der Waals surface area contributed by atoms with Crippen LogP contribution in [0.3, 0.4) is 0 Å². The van der Waals surface area contributed by atoms with Crippen molar-refractivity contribution >= 4 is 17.5 Å². The van der Waals surface area contributed by atoms with Crippen molar-refractivity contribution in [2.75, 3.05) is 47.8 Å². The lowest BCUT2D eigenvalue weighted by molar-refractivity contribution is 0.605. The normalized spacial score (nSPS) is 15.0. The van der Waals surface area contributed by atoms with Gasteiger partial charge in [-0.1, -0.05) is 32.0 Å². The molecule has 3 rings (SSSR count). The van der Waals surface area contributed by atoms with Gasteiger partial charge in [-0.25, -0.2) is 0 Å². The molecule has 1 aromatic carbocycles. The molecule has 0 bridgehead atoms. The van der Waals surface area contributed by atoms with E-state index in [-0.39, 0.29) is 0 Å². The highest BCUT2D eigenvalue weighted by Gasteiger charge is 2.19. The SMILES string of the molecule is CC(C)CCNc1cnnc(N2CCN(c3ccccc3)CC2)n1. The first-order valence-corrected chi connectivity index (χ1v) is 8.71. The molecule has 1 fully saturated rings. The fourth-order valence-corrected chi connectivity index (χ4v) is 2.81. The molecule has 1 aliphatic heterocycles. The van der Waals surface area contributed by atoms with E-state index < -0.39 is 0 Å². The first-order valence-electron chi connectivity index (χ1n) is 8.71. The summed E-state index contributed by atoms with van der Waals surface area (Å²) in [5.74, 6) is 2.21. The Kier molecular flexibility index (Phi) is 5.46. The molecule has 0 spiro atoms. The highest BCUT2D eigenvalue weighted by molar-refractivity contribution is 5.48. The standard InChI is InChI=1S/C18H26N6/c1-15(2)8-9-19-17-14-20-22-18(21-17)24-12-10-23(11-13-24)16-6-4-3-5-7-16/h3-7,14-15H,8-13H2,1-2H3,(H,19,21,22). The van der Waals surface area contributed by atoms with E-state index in [1.54, 1.807) is 6.20 Å². The summed E-state index contributed by atoms with van der Waals surface area (Å²) in [7, 11) is 0. The molecule has 0 aliphatic carbocycles. The first kappa shape index (κ1) is 16.5. The quantitative estimate of drug-likeness (QED) is 0.881. The van der Waals surface area contributed by atoms with Crippen LogP contribution in [0.2, 0.25) is 0 Å². The average molecular weight is 326 g/mol. The summed E-state index contributed by atoms with van der Waals surface area (Å²) in [6.45, 7) is 9.11. The second-order valence-electron chi connectivity index (χ2n) is 6.56. The van der Waals surface area contributed by atoms with Gasteiger partial charge in [0.15, 0.2) is 5.82 Å². The molecule has 0 unspecified atom stereocenters. The monoisotopic (exact) mass is 326 g/mol. The Labute approximate surface area is 143 Å². The van der Waals surface area contributed by atoms with Crippen LogP contribution in [0.4, 0.5) is 17.5 Å². The van der Waals surface area contributed by atoms with E-state index in [9.17, 15) is 0 Å². The van der Waals surface area contributed by atoms with Gasteiger partial charge in [0.2, 0.25) is 5.95 Å². The third-order valence-corrected chi connectivity index (χ3v) is 4.26. The minimum absolute atomic E-state index is 0.679. The van der Waals surface area contributed by atoms with E-state index in [2.05, 4.69) is 74.5 Å². The van der Waals surface area contributed by atoms with Gasteiger partial charge in [-0.15, -0.1) is 5.10 Å². The lowest BCUT2D eigenvalue weighted by Crippen LogP contribution is -2.47. The van der Waals surface area contributed by atoms with E-state index in [4.69, 9.17) is 0 Å². The first-order chi connectivity index (χ1) is 11.7. The molecular weight excluding hydrogens is 300 g/mol. The number of nitrogens with one attached hydrogen (secondary N) is 1. The predicted octanol–water partition coefficient (Wildman–Crippen LogP) is 2.66. The Bertz CT molecular complexity index is 622. The van der Waals surface area contributed by atoms with Crippen molar-refractivity contribution in [1.29, 1.82) is 0 Å². The highest BCUT2D eigenvalue weighted by Crippen LogP contribution is 2.18. The molecule has 2 heterocycles. The Balaban J connectivity index is 1.56. The van der Waals surface area contributed by atoms with Crippen LogP contribution in [-0.2, 0) is 0 Å².